The van der Waals surface area contributed by atoms with Crippen molar-refractivity contribution >= 4 is 22.7 Å². The van der Waals surface area contributed by atoms with Gasteiger partial charge in [0.25, 0.3) is 0 Å². The number of piperidine rings is 1. The third kappa shape index (κ3) is 8.82. The number of hydrogen-bond acceptors (Lipinski definition) is 8. The highest BCUT2D eigenvalue weighted by atomic mass is 16.7. The number of likely N-dealkylation sites (tertiary alicyclic amines) is 2. The summed E-state index contributed by atoms with van der Waals surface area (Å²) in [5.41, 5.74) is 3.55. The van der Waals surface area contributed by atoms with Gasteiger partial charge < -0.3 is 33.3 Å². The molecular formula is C44H54N4O6. The highest BCUT2D eigenvalue weighted by Crippen LogP contribution is 2.45. The van der Waals surface area contributed by atoms with Gasteiger partial charge in [-0.25, -0.2) is 4.98 Å². The lowest BCUT2D eigenvalue weighted by atomic mass is 9.81. The van der Waals surface area contributed by atoms with Gasteiger partial charge in [-0.3, -0.25) is 9.59 Å². The minimum absolute atomic E-state index is 0.0647. The average molecular weight is 735 g/mol. The summed E-state index contributed by atoms with van der Waals surface area (Å²) in [7, 11) is 0. The Morgan fingerprint density at radius 2 is 1.72 bits per heavy atom. The van der Waals surface area contributed by atoms with Gasteiger partial charge in [0.2, 0.25) is 18.0 Å². The van der Waals surface area contributed by atoms with E-state index in [1.165, 1.54) is 0 Å². The third-order valence-electron chi connectivity index (χ3n) is 11.1. The Kier molecular flexibility index (Phi) is 12.0. The van der Waals surface area contributed by atoms with E-state index in [9.17, 15) is 9.59 Å². The van der Waals surface area contributed by atoms with E-state index in [4.69, 9.17) is 23.9 Å². The van der Waals surface area contributed by atoms with E-state index in [1.54, 1.807) is 6.26 Å². The van der Waals surface area contributed by atoms with Gasteiger partial charge in [0, 0.05) is 38.6 Å². The number of imidazole rings is 1. The molecule has 0 radical (unpaired) electrons. The minimum Gasteiger partial charge on any atom is -0.491 e. The number of Topliss-reactive ketones (excluding diaryl/α,β-unsaturated/α-hetero) is 1. The quantitative estimate of drug-likeness (QED) is 0.0893. The zero-order valence-corrected chi connectivity index (χ0v) is 32.0. The normalized spacial score (nSPS) is 20.6. The molecule has 3 aliphatic rings. The monoisotopic (exact) mass is 734 g/mol. The fourth-order valence-electron chi connectivity index (χ4n) is 8.15. The smallest absolute Gasteiger partial charge is 0.244 e. The van der Waals surface area contributed by atoms with Gasteiger partial charge in [0.15, 0.2) is 5.82 Å². The van der Waals surface area contributed by atoms with Crippen molar-refractivity contribution in [2.24, 2.45) is 11.3 Å². The molecule has 3 aromatic carbocycles. The van der Waals surface area contributed by atoms with Crippen molar-refractivity contribution in [1.29, 1.82) is 0 Å². The van der Waals surface area contributed by atoms with Crippen LogP contribution in [0.2, 0.25) is 0 Å². The van der Waals surface area contributed by atoms with Gasteiger partial charge in [-0.15, -0.1) is 0 Å². The van der Waals surface area contributed by atoms with Gasteiger partial charge in [-0.1, -0.05) is 54.6 Å². The van der Waals surface area contributed by atoms with Crippen LogP contribution in [0.4, 0.5) is 0 Å². The molecule has 1 aromatic heterocycles. The SMILES string of the molecule is CCOCCn1c(C(=O)C2CCN(CCC3(C4=COC(Cc5ccccc5)O4)CCN(C(=O)Cc4cccc(OC(C)C)c4)C3)CC2)nc2ccccc21. The zero-order valence-electron chi connectivity index (χ0n) is 32.0. The molecule has 7 rings (SSSR count). The van der Waals surface area contributed by atoms with Crippen LogP contribution < -0.4 is 4.74 Å². The number of ether oxygens (including phenoxy) is 4. The Labute approximate surface area is 319 Å². The summed E-state index contributed by atoms with van der Waals surface area (Å²) in [6, 6.07) is 26.0. The van der Waals surface area contributed by atoms with E-state index in [1.807, 2.05) is 97.0 Å². The molecule has 4 aromatic rings. The van der Waals surface area contributed by atoms with Crippen LogP contribution in [-0.4, -0.2) is 89.4 Å². The Bertz CT molecular complexity index is 1920. The number of rotatable bonds is 16. The number of para-hydroxylation sites is 2. The van der Waals surface area contributed by atoms with Crippen LogP contribution in [-0.2, 0) is 38.4 Å². The first kappa shape index (κ1) is 37.6. The molecule has 3 aliphatic heterocycles. The number of amides is 1. The van der Waals surface area contributed by atoms with Crippen LogP contribution in [0.5, 0.6) is 5.75 Å². The number of ketones is 1. The van der Waals surface area contributed by atoms with Crippen molar-refractivity contribution in [2.75, 3.05) is 45.9 Å². The van der Waals surface area contributed by atoms with Crippen LogP contribution in [0.1, 0.15) is 68.2 Å². The first-order valence-corrected chi connectivity index (χ1v) is 19.7. The van der Waals surface area contributed by atoms with E-state index in [2.05, 4.69) is 17.0 Å². The van der Waals surface area contributed by atoms with E-state index in [-0.39, 0.29) is 29.1 Å². The molecule has 54 heavy (non-hydrogen) atoms. The highest BCUT2D eigenvalue weighted by molar-refractivity contribution is 5.98. The second kappa shape index (κ2) is 17.2. The van der Waals surface area contributed by atoms with Gasteiger partial charge in [-0.2, -0.15) is 0 Å². The number of carbonyl (C=O) groups is 2. The number of benzene rings is 3. The van der Waals surface area contributed by atoms with Crippen molar-refractivity contribution in [3.05, 3.63) is 108 Å². The first-order valence-electron chi connectivity index (χ1n) is 19.7. The summed E-state index contributed by atoms with van der Waals surface area (Å²) in [6.45, 7) is 11.5. The maximum atomic E-state index is 14.0. The van der Waals surface area contributed by atoms with Crippen LogP contribution in [0.15, 0.2) is 90.9 Å². The molecule has 0 spiro atoms. The molecule has 0 aliphatic carbocycles. The van der Waals surface area contributed by atoms with Gasteiger partial charge in [-0.05, 0) is 101 Å². The lowest BCUT2D eigenvalue weighted by Crippen LogP contribution is -2.41. The molecule has 0 N–H and O–H groups in total. The fraction of sp³-hybridized carbons (Fsp3) is 0.477. The molecule has 0 saturated carbocycles. The second-order valence-electron chi connectivity index (χ2n) is 15.2. The molecule has 10 nitrogen and oxygen atoms in total. The predicted molar refractivity (Wildman–Crippen MR) is 208 cm³/mol. The molecule has 4 heterocycles. The second-order valence-corrected chi connectivity index (χ2v) is 15.2. The lowest BCUT2D eigenvalue weighted by molar-refractivity contribution is -0.129. The summed E-state index contributed by atoms with van der Waals surface area (Å²) in [5.74, 6) is 2.31. The average Bonchev–Trinajstić information content (AvgIpc) is 3.93. The van der Waals surface area contributed by atoms with Crippen molar-refractivity contribution in [1.82, 2.24) is 19.4 Å². The van der Waals surface area contributed by atoms with E-state index < -0.39 is 6.29 Å². The number of hydrogen-bond donors (Lipinski definition) is 0. The number of nitrogens with zero attached hydrogens (tertiary/aromatic N) is 4. The van der Waals surface area contributed by atoms with Crippen molar-refractivity contribution in [3.63, 3.8) is 0 Å². The van der Waals surface area contributed by atoms with Crippen LogP contribution in [0, 0.1) is 11.3 Å². The first-order chi connectivity index (χ1) is 26.3. The molecule has 286 valence electrons. The third-order valence-corrected chi connectivity index (χ3v) is 11.1. The number of fused-ring (bicyclic) bond motifs is 1. The Hall–Kier alpha value is -4.67. The summed E-state index contributed by atoms with van der Waals surface area (Å²) < 4.78 is 26.2. The predicted octanol–water partition coefficient (Wildman–Crippen LogP) is 7.06. The summed E-state index contributed by atoms with van der Waals surface area (Å²) in [4.78, 5) is 37.0. The van der Waals surface area contributed by atoms with Gasteiger partial charge in [0.1, 0.15) is 17.8 Å². The fourth-order valence-corrected chi connectivity index (χ4v) is 8.15. The molecule has 1 amide bonds. The number of carbonyl (C=O) groups excluding carboxylic acids is 2. The van der Waals surface area contributed by atoms with Crippen LogP contribution in [0.25, 0.3) is 11.0 Å². The zero-order chi connectivity index (χ0) is 37.5. The minimum atomic E-state index is -0.396. The molecule has 2 fully saturated rings. The highest BCUT2D eigenvalue weighted by Gasteiger charge is 2.47. The maximum absolute atomic E-state index is 14.0. The molecule has 10 heteroatoms. The van der Waals surface area contributed by atoms with Crippen molar-refractivity contribution in [2.45, 2.75) is 78.2 Å². The largest absolute Gasteiger partial charge is 0.491 e. The van der Waals surface area contributed by atoms with E-state index in [0.29, 0.717) is 51.5 Å². The van der Waals surface area contributed by atoms with Gasteiger partial charge in [0.05, 0.1) is 35.6 Å². The van der Waals surface area contributed by atoms with E-state index >= 15 is 0 Å². The standard InChI is InChI=1S/C44H54N4O6/c1-4-51-26-25-48-38-16-9-8-15-37(38)45-43(48)42(50)35-17-21-46(22-18-35)23-19-44(39-30-52-41(54-39)29-33-11-6-5-7-12-33)20-24-47(31-44)40(49)28-34-13-10-14-36(27-34)53-32(2)3/h5-16,27,30,32,35,41H,4,17-26,28-29,31H2,1-3H3. The molecule has 2 unspecified atom stereocenters. The van der Waals surface area contributed by atoms with Crippen LogP contribution >= 0.6 is 0 Å². The molecular weight excluding hydrogens is 681 g/mol. The molecule has 0 bridgehead atoms. The molecule has 2 saturated heterocycles. The summed E-state index contributed by atoms with van der Waals surface area (Å²) in [5, 5.41) is 0. The Morgan fingerprint density at radius 3 is 2.52 bits per heavy atom. The van der Waals surface area contributed by atoms with Gasteiger partial charge >= 0.3 is 0 Å². The Balaban J connectivity index is 1.00. The van der Waals surface area contributed by atoms with Crippen molar-refractivity contribution in [3.8, 4) is 5.75 Å². The Morgan fingerprint density at radius 1 is 0.944 bits per heavy atom. The lowest BCUT2D eigenvalue weighted by Gasteiger charge is -2.35. The van der Waals surface area contributed by atoms with Crippen molar-refractivity contribution < 1.29 is 28.5 Å². The maximum Gasteiger partial charge on any atom is 0.244 e. The summed E-state index contributed by atoms with van der Waals surface area (Å²) >= 11 is 0. The topological polar surface area (TPSA) is 95.4 Å². The number of aromatic nitrogens is 2. The van der Waals surface area contributed by atoms with Crippen LogP contribution in [0.3, 0.4) is 0 Å². The summed E-state index contributed by atoms with van der Waals surface area (Å²) in [6.07, 6.45) is 5.63. The molecule has 2 atom stereocenters. The van der Waals surface area contributed by atoms with E-state index in [0.717, 1.165) is 79.0 Å².